The van der Waals surface area contributed by atoms with Crippen molar-refractivity contribution in [2.24, 2.45) is 0 Å². The lowest BCUT2D eigenvalue weighted by Crippen LogP contribution is -2.45. The van der Waals surface area contributed by atoms with Crippen molar-refractivity contribution in [2.75, 3.05) is 25.2 Å². The molecule has 0 heterocycles. The molecule has 4 heteroatoms. The summed E-state index contributed by atoms with van der Waals surface area (Å²) < 4.78 is 5.05. The molecule has 1 rings (SSSR count). The first kappa shape index (κ1) is 18.0. The minimum atomic E-state index is -0.594. The standard InChI is InChI=1S/C17H26N2OS/c1-15(2)19-17(14-18,16-8-5-4-6-9-16)10-13-21-12-7-11-20-3/h4-6,8-9,15,19H,7,10-13H2,1-3H3. The Morgan fingerprint density at radius 3 is 2.57 bits per heavy atom. The molecule has 0 amide bonds. The van der Waals surface area contributed by atoms with E-state index in [9.17, 15) is 5.26 Å². The first-order valence-corrected chi connectivity index (χ1v) is 8.61. The minimum Gasteiger partial charge on any atom is -0.385 e. The number of ether oxygens (including phenoxy) is 1. The van der Waals surface area contributed by atoms with Crippen LogP contribution in [0.1, 0.15) is 32.3 Å². The summed E-state index contributed by atoms with van der Waals surface area (Å²) in [6, 6.07) is 12.8. The zero-order valence-electron chi connectivity index (χ0n) is 13.3. The number of benzene rings is 1. The van der Waals surface area contributed by atoms with Crippen LogP contribution >= 0.6 is 11.8 Å². The molecule has 1 atom stereocenters. The molecule has 0 aliphatic carbocycles. The fourth-order valence-corrected chi connectivity index (χ4v) is 3.28. The van der Waals surface area contributed by atoms with Gasteiger partial charge in [-0.2, -0.15) is 17.0 Å². The highest BCUT2D eigenvalue weighted by molar-refractivity contribution is 7.99. The van der Waals surface area contributed by atoms with Crippen molar-refractivity contribution in [1.82, 2.24) is 5.32 Å². The molecular formula is C17H26N2OS. The Bertz CT molecular complexity index is 430. The molecule has 0 bridgehead atoms. The molecule has 1 N–H and O–H groups in total. The molecule has 0 radical (unpaired) electrons. The van der Waals surface area contributed by atoms with E-state index >= 15 is 0 Å². The second-order valence-electron chi connectivity index (χ2n) is 5.39. The van der Waals surface area contributed by atoms with Crippen molar-refractivity contribution < 1.29 is 4.74 Å². The van der Waals surface area contributed by atoms with Gasteiger partial charge in [0.25, 0.3) is 0 Å². The van der Waals surface area contributed by atoms with Crippen LogP contribution in [0.3, 0.4) is 0 Å². The van der Waals surface area contributed by atoms with E-state index in [4.69, 9.17) is 4.74 Å². The highest BCUT2D eigenvalue weighted by atomic mass is 32.2. The number of hydrogen-bond donors (Lipinski definition) is 1. The van der Waals surface area contributed by atoms with Gasteiger partial charge in [0.15, 0.2) is 0 Å². The van der Waals surface area contributed by atoms with Gasteiger partial charge < -0.3 is 4.74 Å². The maximum absolute atomic E-state index is 9.78. The molecule has 1 aromatic rings. The second kappa shape index (κ2) is 9.83. The van der Waals surface area contributed by atoms with Crippen LogP contribution in [0.2, 0.25) is 0 Å². The van der Waals surface area contributed by atoms with Gasteiger partial charge in [-0.05, 0) is 43.8 Å². The van der Waals surface area contributed by atoms with Crippen LogP contribution in [-0.2, 0) is 10.3 Å². The van der Waals surface area contributed by atoms with Crippen LogP contribution in [-0.4, -0.2) is 31.3 Å². The Morgan fingerprint density at radius 2 is 2.00 bits per heavy atom. The van der Waals surface area contributed by atoms with E-state index < -0.39 is 5.54 Å². The smallest absolute Gasteiger partial charge is 0.133 e. The van der Waals surface area contributed by atoms with Gasteiger partial charge in [-0.1, -0.05) is 30.3 Å². The number of nitrogens with zero attached hydrogens (tertiary/aromatic N) is 1. The third-order valence-corrected chi connectivity index (χ3v) is 4.32. The van der Waals surface area contributed by atoms with Gasteiger partial charge in [-0.15, -0.1) is 0 Å². The predicted molar refractivity (Wildman–Crippen MR) is 90.4 cm³/mol. The van der Waals surface area contributed by atoms with Gasteiger partial charge in [0.1, 0.15) is 5.54 Å². The van der Waals surface area contributed by atoms with E-state index in [1.54, 1.807) is 7.11 Å². The van der Waals surface area contributed by atoms with E-state index in [0.29, 0.717) is 0 Å². The SMILES string of the molecule is COCCCSCCC(C#N)(NC(C)C)c1ccccc1. The third-order valence-electron chi connectivity index (χ3n) is 3.25. The van der Waals surface area contributed by atoms with E-state index in [1.807, 2.05) is 42.1 Å². The number of hydrogen-bond acceptors (Lipinski definition) is 4. The first-order chi connectivity index (χ1) is 10.1. The highest BCUT2D eigenvalue weighted by Gasteiger charge is 2.32. The van der Waals surface area contributed by atoms with Gasteiger partial charge in [-0.25, -0.2) is 0 Å². The zero-order valence-corrected chi connectivity index (χ0v) is 14.1. The lowest BCUT2D eigenvalue weighted by atomic mass is 9.88. The molecule has 0 aliphatic rings. The van der Waals surface area contributed by atoms with Crippen molar-refractivity contribution in [3.63, 3.8) is 0 Å². The molecule has 3 nitrogen and oxygen atoms in total. The molecule has 1 aromatic carbocycles. The summed E-state index contributed by atoms with van der Waals surface area (Å²) in [6.45, 7) is 4.97. The summed E-state index contributed by atoms with van der Waals surface area (Å²) in [6.07, 6.45) is 1.87. The number of nitriles is 1. The third kappa shape index (κ3) is 6.09. The fraction of sp³-hybridized carbons (Fsp3) is 0.588. The summed E-state index contributed by atoms with van der Waals surface area (Å²) in [4.78, 5) is 0. The maximum Gasteiger partial charge on any atom is 0.133 e. The fourth-order valence-electron chi connectivity index (χ4n) is 2.30. The Balaban J connectivity index is 2.67. The van der Waals surface area contributed by atoms with Gasteiger partial charge in [0, 0.05) is 19.8 Å². The number of methoxy groups -OCH3 is 1. The van der Waals surface area contributed by atoms with Crippen molar-refractivity contribution in [1.29, 1.82) is 5.26 Å². The first-order valence-electron chi connectivity index (χ1n) is 7.46. The minimum absolute atomic E-state index is 0.267. The van der Waals surface area contributed by atoms with Crippen LogP contribution in [0.4, 0.5) is 0 Å². The van der Waals surface area contributed by atoms with Crippen LogP contribution in [0, 0.1) is 11.3 Å². The number of thioether (sulfide) groups is 1. The number of rotatable bonds is 10. The van der Waals surface area contributed by atoms with Gasteiger partial charge >= 0.3 is 0 Å². The predicted octanol–water partition coefficient (Wildman–Crippen LogP) is 3.56. The van der Waals surface area contributed by atoms with E-state index in [0.717, 1.165) is 36.5 Å². The summed E-state index contributed by atoms with van der Waals surface area (Å²) >= 11 is 1.89. The molecule has 0 fully saturated rings. The summed E-state index contributed by atoms with van der Waals surface area (Å²) in [5, 5.41) is 13.2. The monoisotopic (exact) mass is 306 g/mol. The Hall–Kier alpha value is -1.02. The van der Waals surface area contributed by atoms with E-state index in [2.05, 4.69) is 25.2 Å². The lowest BCUT2D eigenvalue weighted by Gasteiger charge is -2.30. The van der Waals surface area contributed by atoms with Crippen molar-refractivity contribution in [3.8, 4) is 6.07 Å². The molecule has 21 heavy (non-hydrogen) atoms. The average Bonchev–Trinajstić information content (AvgIpc) is 2.50. The molecular weight excluding hydrogens is 280 g/mol. The lowest BCUT2D eigenvalue weighted by molar-refractivity contribution is 0.200. The summed E-state index contributed by atoms with van der Waals surface area (Å²) in [5.41, 5.74) is 0.461. The largest absolute Gasteiger partial charge is 0.385 e. The average molecular weight is 306 g/mol. The molecule has 0 saturated heterocycles. The number of nitrogens with one attached hydrogen (secondary N) is 1. The molecule has 0 spiro atoms. The molecule has 0 aliphatic heterocycles. The van der Waals surface area contributed by atoms with Gasteiger partial charge in [0.05, 0.1) is 6.07 Å². The highest BCUT2D eigenvalue weighted by Crippen LogP contribution is 2.27. The summed E-state index contributed by atoms with van der Waals surface area (Å²) in [7, 11) is 1.73. The summed E-state index contributed by atoms with van der Waals surface area (Å²) in [5.74, 6) is 2.04. The zero-order chi connectivity index (χ0) is 15.6. The maximum atomic E-state index is 9.78. The molecule has 0 aromatic heterocycles. The van der Waals surface area contributed by atoms with Crippen molar-refractivity contribution in [2.45, 2.75) is 38.3 Å². The Morgan fingerprint density at radius 1 is 1.29 bits per heavy atom. The van der Waals surface area contributed by atoms with Crippen LogP contribution < -0.4 is 5.32 Å². The quantitative estimate of drug-likeness (QED) is 0.671. The van der Waals surface area contributed by atoms with Gasteiger partial charge in [-0.3, -0.25) is 5.32 Å². The molecule has 1 unspecified atom stereocenters. The van der Waals surface area contributed by atoms with Crippen molar-refractivity contribution >= 4 is 11.8 Å². The van der Waals surface area contributed by atoms with E-state index in [1.165, 1.54) is 0 Å². The van der Waals surface area contributed by atoms with Gasteiger partial charge in [0.2, 0.25) is 0 Å². The molecule has 0 saturated carbocycles. The topological polar surface area (TPSA) is 45.0 Å². The Kier molecular flexibility index (Phi) is 8.44. The normalized spacial score (nSPS) is 13.9. The second-order valence-corrected chi connectivity index (χ2v) is 6.62. The molecule has 116 valence electrons. The van der Waals surface area contributed by atoms with Crippen molar-refractivity contribution in [3.05, 3.63) is 35.9 Å². The Labute approximate surface area is 133 Å². The van der Waals surface area contributed by atoms with Crippen LogP contribution in [0.25, 0.3) is 0 Å². The van der Waals surface area contributed by atoms with E-state index in [-0.39, 0.29) is 6.04 Å². The van der Waals surface area contributed by atoms with Crippen LogP contribution in [0.5, 0.6) is 0 Å². The van der Waals surface area contributed by atoms with Crippen LogP contribution in [0.15, 0.2) is 30.3 Å².